The van der Waals surface area contributed by atoms with Crippen LogP contribution in [0.25, 0.3) is 10.9 Å². The molecule has 3 aromatic carbocycles. The molecule has 76 heavy (non-hydrogen) atoms. The highest BCUT2D eigenvalue weighted by molar-refractivity contribution is 9.11. The number of unbranched alkanes of at least 4 members (excludes halogenated alkanes) is 1. The summed E-state index contributed by atoms with van der Waals surface area (Å²) >= 11 is 6.60. The van der Waals surface area contributed by atoms with Crippen LogP contribution in [0.1, 0.15) is 56.7 Å². The van der Waals surface area contributed by atoms with Gasteiger partial charge in [-0.05, 0) is 124 Å². The molecule has 5 rings (SSSR count). The number of amides is 8. The van der Waals surface area contributed by atoms with Crippen LogP contribution in [0.4, 0.5) is 5.69 Å². The van der Waals surface area contributed by atoms with Crippen molar-refractivity contribution in [2.45, 2.75) is 108 Å². The molecule has 414 valence electrons. The maximum atomic E-state index is 14.6. The predicted octanol–water partition coefficient (Wildman–Crippen LogP) is 1.16. The molecule has 18 N–H and O–H groups in total. The molecule has 22 nitrogen and oxygen atoms in total. The third-order valence-electron chi connectivity index (χ3n) is 11.9. The number of phenols is 1. The molecule has 0 saturated carbocycles. The molecule has 26 heteroatoms. The fraction of sp³-hybridized carbons (Fsp3) is 0.440. The Balaban J connectivity index is 0.00000125. The van der Waals surface area contributed by atoms with E-state index in [1.54, 1.807) is 32.2 Å². The molecular weight excluding hydrogens is 1150 g/mol. The van der Waals surface area contributed by atoms with Crippen molar-refractivity contribution in [2.24, 2.45) is 23.1 Å². The zero-order valence-corrected chi connectivity index (χ0v) is 47.3. The number of nitrogen functional groups attached to an aromatic ring is 1. The van der Waals surface area contributed by atoms with E-state index in [9.17, 15) is 48.6 Å². The number of H-pyrrole nitrogens is 1. The van der Waals surface area contributed by atoms with Crippen LogP contribution in [0, 0.1) is 12.8 Å². The lowest BCUT2D eigenvalue weighted by atomic mass is 10.00. The summed E-state index contributed by atoms with van der Waals surface area (Å²) in [6.07, 6.45) is 0.980. The summed E-state index contributed by atoms with van der Waals surface area (Å²) in [5.41, 5.74) is 26.3. The van der Waals surface area contributed by atoms with Crippen LogP contribution in [0.15, 0.2) is 75.8 Å². The molecule has 1 aromatic heterocycles. The zero-order chi connectivity index (χ0) is 56.2. The van der Waals surface area contributed by atoms with Gasteiger partial charge in [-0.1, -0.05) is 65.8 Å². The number of hydrogen-bond acceptors (Lipinski definition) is 15. The Bertz CT molecular complexity index is 2680. The van der Waals surface area contributed by atoms with Crippen molar-refractivity contribution in [3.63, 3.8) is 0 Å². The number of phenolic OH excluding ortho intramolecular Hbond substituents is 1. The molecule has 0 spiro atoms. The number of nitrogens with one attached hydrogen (secondary N) is 8. The van der Waals surface area contributed by atoms with Crippen LogP contribution < -0.4 is 60.2 Å². The van der Waals surface area contributed by atoms with Gasteiger partial charge in [0.05, 0.1) is 17.1 Å². The molecule has 0 bridgehead atoms. The Labute approximate surface area is 465 Å². The van der Waals surface area contributed by atoms with E-state index in [2.05, 4.69) is 74.1 Å². The van der Waals surface area contributed by atoms with E-state index >= 15 is 0 Å². The molecule has 8 atom stereocenters. The first kappa shape index (κ1) is 62.6. The van der Waals surface area contributed by atoms with Crippen molar-refractivity contribution in [1.29, 1.82) is 0 Å². The maximum absolute atomic E-state index is 14.6. The number of halogens is 2. The SMILES string of the molecule is CC(C)C1NC(=O)[C@H](CCCCN)NC(=O)[C@@H](Cc2c[nH]c3ccccc23)NC(=O)[C@H](Cc2ccc(O)c(Br)c2)NC(=O)[C@H](NC(=O)CN)CSSC[C@H](C(=O)NC(C(N)=O)C(C)O)NC1=O.Cc1ccc(N)c(Br)c1. The number of carbonyl (C=O) groups is 8. The first-order chi connectivity index (χ1) is 36.0. The van der Waals surface area contributed by atoms with Crippen LogP contribution in [0.2, 0.25) is 0 Å². The van der Waals surface area contributed by atoms with Crippen LogP contribution in [0.3, 0.4) is 0 Å². The van der Waals surface area contributed by atoms with Crippen LogP contribution in [0.5, 0.6) is 5.75 Å². The molecule has 4 aromatic rings. The molecule has 1 saturated heterocycles. The molecular formula is C50H68Br2N12O10S2. The summed E-state index contributed by atoms with van der Waals surface area (Å²) in [6.45, 7) is 6.38. The van der Waals surface area contributed by atoms with Gasteiger partial charge in [-0.15, -0.1) is 0 Å². The number of aryl methyl sites for hydroxylation is 1. The third-order valence-corrected chi connectivity index (χ3v) is 15.7. The van der Waals surface area contributed by atoms with Crippen LogP contribution >= 0.6 is 53.4 Å². The largest absolute Gasteiger partial charge is 0.507 e. The van der Waals surface area contributed by atoms with E-state index in [1.165, 1.54) is 18.6 Å². The number of nitrogens with two attached hydrogens (primary N) is 4. The highest BCUT2D eigenvalue weighted by atomic mass is 79.9. The average molecular weight is 1220 g/mol. The monoisotopic (exact) mass is 1220 g/mol. The fourth-order valence-electron chi connectivity index (χ4n) is 7.65. The molecule has 1 aliphatic rings. The second-order valence-corrected chi connectivity index (χ2v) is 22.6. The zero-order valence-electron chi connectivity index (χ0n) is 42.5. The summed E-state index contributed by atoms with van der Waals surface area (Å²) in [6, 6.07) is 8.11. The first-order valence-electron chi connectivity index (χ1n) is 24.3. The van der Waals surface area contributed by atoms with Gasteiger partial charge >= 0.3 is 0 Å². The molecule has 0 aliphatic carbocycles. The van der Waals surface area contributed by atoms with Gasteiger partial charge in [-0.3, -0.25) is 38.4 Å². The van der Waals surface area contributed by atoms with Gasteiger partial charge in [0.1, 0.15) is 48.0 Å². The smallest absolute Gasteiger partial charge is 0.244 e. The Kier molecular flexibility index (Phi) is 25.3. The van der Waals surface area contributed by atoms with E-state index in [-0.39, 0.29) is 43.1 Å². The normalized spacial score (nSPS) is 21.1. The summed E-state index contributed by atoms with van der Waals surface area (Å²) in [5.74, 6) is -7.62. The van der Waals surface area contributed by atoms with E-state index in [0.29, 0.717) is 28.4 Å². The van der Waals surface area contributed by atoms with Gasteiger partial charge < -0.3 is 75.3 Å². The lowest BCUT2D eigenvalue weighted by Crippen LogP contribution is -2.62. The number of aliphatic hydroxyl groups is 1. The molecule has 1 aliphatic heterocycles. The molecule has 2 heterocycles. The number of hydrogen-bond donors (Lipinski definition) is 14. The number of carbonyl (C=O) groups excluding carboxylic acids is 8. The van der Waals surface area contributed by atoms with Crippen molar-refractivity contribution >= 4 is 117 Å². The van der Waals surface area contributed by atoms with Crippen molar-refractivity contribution in [3.05, 3.63) is 92.5 Å². The van der Waals surface area contributed by atoms with Gasteiger partial charge in [-0.25, -0.2) is 0 Å². The maximum Gasteiger partial charge on any atom is 0.244 e. The quantitative estimate of drug-likeness (QED) is 0.0451. The van der Waals surface area contributed by atoms with Gasteiger partial charge in [-0.2, -0.15) is 0 Å². The van der Waals surface area contributed by atoms with Gasteiger partial charge in [0.25, 0.3) is 0 Å². The minimum Gasteiger partial charge on any atom is -0.507 e. The summed E-state index contributed by atoms with van der Waals surface area (Å²) in [4.78, 5) is 113. The van der Waals surface area contributed by atoms with E-state index < -0.39 is 108 Å². The number of benzene rings is 3. The van der Waals surface area contributed by atoms with E-state index in [0.717, 1.165) is 42.7 Å². The summed E-state index contributed by atoms with van der Waals surface area (Å²) in [7, 11) is 2.01. The fourth-order valence-corrected chi connectivity index (χ4v) is 10.9. The molecule has 1 fully saturated rings. The number of anilines is 1. The van der Waals surface area contributed by atoms with Gasteiger partial charge in [0, 0.05) is 51.6 Å². The number of primary amides is 1. The average Bonchev–Trinajstić information content (AvgIpc) is 3.78. The van der Waals surface area contributed by atoms with Crippen molar-refractivity contribution < 1.29 is 48.6 Å². The Morgan fingerprint density at radius 2 is 1.42 bits per heavy atom. The number of rotatable bonds is 15. The van der Waals surface area contributed by atoms with Gasteiger partial charge in [0.2, 0.25) is 47.3 Å². The lowest BCUT2D eigenvalue weighted by molar-refractivity contribution is -0.136. The minimum atomic E-state index is -1.53. The summed E-state index contributed by atoms with van der Waals surface area (Å²) < 4.78 is 1.28. The Morgan fingerprint density at radius 3 is 2.04 bits per heavy atom. The second-order valence-electron chi connectivity index (χ2n) is 18.4. The van der Waals surface area contributed by atoms with Crippen molar-refractivity contribution in [1.82, 2.24) is 42.2 Å². The lowest BCUT2D eigenvalue weighted by Gasteiger charge is -2.29. The number of aromatic amines is 1. The van der Waals surface area contributed by atoms with Crippen LogP contribution in [-0.2, 0) is 51.2 Å². The highest BCUT2D eigenvalue weighted by Crippen LogP contribution is 2.27. The topological polar surface area (TPSA) is 381 Å². The second kappa shape index (κ2) is 30.7. The van der Waals surface area contributed by atoms with E-state index in [1.807, 2.05) is 49.4 Å². The number of para-hydroxylation sites is 1. The standard InChI is InChI=1S/C43H60BrN11O10S2.C7H8BrN/c1-21(2)35-43(65)53-32(42(64)55-36(22(3)56)37(47)59)20-67-66-19-31(49-34(58)17-46)41(63)51-29(15-23-11-12-33(57)26(44)14-23)39(61)52-30(16-24-18-48-27-9-5-4-8-25(24)27)40(62)50-28(38(60)54-35)10-6-7-13-45;1-5-2-3-7(9)6(8)4-5/h4-5,8-9,11-12,14,18,21-22,28-32,35-36,48,56-57H,6-7,10,13,15-17,19-20,45-46H2,1-3H3,(H2,47,59)(H,49,58)(H,50,62)(H,51,63)(H,52,61)(H,53,65)(H,54,60)(H,55,64);2-4H,9H2,1H3/t22?,28-,29-,30+,31+,32+,35?,36?;/m0./s1. The molecule has 8 amide bonds. The number of aromatic hydroxyl groups is 1. The Morgan fingerprint density at radius 1 is 0.776 bits per heavy atom. The first-order valence-corrected chi connectivity index (χ1v) is 28.4. The molecule has 0 radical (unpaired) electrons. The third kappa shape index (κ3) is 19.3. The van der Waals surface area contributed by atoms with Crippen molar-refractivity contribution in [3.8, 4) is 5.75 Å². The van der Waals surface area contributed by atoms with Gasteiger partial charge in [0.15, 0.2) is 0 Å². The molecule has 3 unspecified atom stereocenters. The number of aromatic nitrogens is 1. The highest BCUT2D eigenvalue weighted by Gasteiger charge is 2.36. The van der Waals surface area contributed by atoms with E-state index in [4.69, 9.17) is 22.9 Å². The Hall–Kier alpha value is -5.90. The summed E-state index contributed by atoms with van der Waals surface area (Å²) in [5, 5.41) is 39.7. The van der Waals surface area contributed by atoms with Crippen LogP contribution in [-0.4, -0.2) is 135 Å². The van der Waals surface area contributed by atoms with Crippen molar-refractivity contribution in [2.75, 3.05) is 30.3 Å². The predicted molar refractivity (Wildman–Crippen MR) is 301 cm³/mol. The number of aliphatic hydroxyl groups excluding tert-OH is 1. The number of fused-ring (bicyclic) bond motifs is 1. The minimum absolute atomic E-state index is 0.0754.